The summed E-state index contributed by atoms with van der Waals surface area (Å²) < 4.78 is 1.47. The van der Waals surface area contributed by atoms with Gasteiger partial charge in [-0.3, -0.25) is 0 Å². The van der Waals surface area contributed by atoms with Crippen molar-refractivity contribution in [2.45, 2.75) is 18.3 Å². The van der Waals surface area contributed by atoms with Crippen molar-refractivity contribution in [2.24, 2.45) is 0 Å². The number of hydrogen-bond acceptors (Lipinski definition) is 6. The highest BCUT2D eigenvalue weighted by Gasteiger charge is 2.14. The number of fused-ring (bicyclic) bond motifs is 1. The lowest BCUT2D eigenvalue weighted by Crippen LogP contribution is -2.08. The summed E-state index contributed by atoms with van der Waals surface area (Å²) in [5.74, 6) is 0.705. The van der Waals surface area contributed by atoms with Crippen molar-refractivity contribution < 1.29 is 5.11 Å². The summed E-state index contributed by atoms with van der Waals surface area (Å²) in [5.41, 5.74) is 0.621. The molecular formula is C11H15N5OS. The van der Waals surface area contributed by atoms with Gasteiger partial charge in [-0.05, 0) is 13.2 Å². The van der Waals surface area contributed by atoms with E-state index < -0.39 is 6.23 Å². The summed E-state index contributed by atoms with van der Waals surface area (Å²) in [5, 5.41) is 18.3. The van der Waals surface area contributed by atoms with Gasteiger partial charge < -0.3 is 10.4 Å². The minimum atomic E-state index is -0.723. The Morgan fingerprint density at radius 2 is 2.39 bits per heavy atom. The van der Waals surface area contributed by atoms with Gasteiger partial charge in [0.05, 0.1) is 11.6 Å². The topological polar surface area (TPSA) is 75.9 Å². The van der Waals surface area contributed by atoms with Crippen molar-refractivity contribution in [1.29, 1.82) is 0 Å². The fourth-order valence-corrected chi connectivity index (χ4v) is 1.93. The Morgan fingerprint density at radius 3 is 3.00 bits per heavy atom. The summed E-state index contributed by atoms with van der Waals surface area (Å²) in [7, 11) is 0. The van der Waals surface area contributed by atoms with Crippen LogP contribution < -0.4 is 5.32 Å². The fraction of sp³-hybridized carbons (Fsp3) is 0.364. The molecule has 0 spiro atoms. The average molecular weight is 265 g/mol. The van der Waals surface area contributed by atoms with Crippen LogP contribution in [0, 0.1) is 0 Å². The highest BCUT2D eigenvalue weighted by atomic mass is 32.2. The number of nitrogens with one attached hydrogen (secondary N) is 1. The number of aliphatic hydroxyl groups is 1. The van der Waals surface area contributed by atoms with E-state index >= 15 is 0 Å². The maximum absolute atomic E-state index is 9.64. The monoisotopic (exact) mass is 265 g/mol. The summed E-state index contributed by atoms with van der Waals surface area (Å²) in [6.07, 6.45) is 4.59. The number of hydrogen-bond donors (Lipinski definition) is 2. The lowest BCUT2D eigenvalue weighted by atomic mass is 10.4. The average Bonchev–Trinajstić information content (AvgIpc) is 2.79. The van der Waals surface area contributed by atoms with E-state index in [0.717, 1.165) is 5.39 Å². The molecule has 0 bridgehead atoms. The van der Waals surface area contributed by atoms with Crippen LogP contribution in [0.1, 0.15) is 13.2 Å². The first-order valence-electron chi connectivity index (χ1n) is 5.49. The molecule has 18 heavy (non-hydrogen) atoms. The molecule has 1 unspecified atom stereocenters. The fourth-order valence-electron chi connectivity index (χ4n) is 1.57. The van der Waals surface area contributed by atoms with Crippen LogP contribution in [0.15, 0.2) is 24.0 Å². The van der Waals surface area contributed by atoms with Gasteiger partial charge in [0.1, 0.15) is 12.0 Å². The normalized spacial score (nSPS) is 12.6. The van der Waals surface area contributed by atoms with Crippen LogP contribution in [-0.4, -0.2) is 37.7 Å². The summed E-state index contributed by atoms with van der Waals surface area (Å²) >= 11 is 1.44. The molecule has 0 aliphatic carbocycles. The standard InChI is InChI=1S/C11H15N5OS/c1-4-5-12-9-8-6-13-16(7(2)17)10(8)15-11(14-9)18-3/h4,6-7,17H,1,5H2,2-3H3,(H,12,14,15). The first-order valence-corrected chi connectivity index (χ1v) is 6.72. The number of thioether (sulfide) groups is 1. The van der Waals surface area contributed by atoms with Gasteiger partial charge in [0, 0.05) is 6.54 Å². The van der Waals surface area contributed by atoms with E-state index in [9.17, 15) is 5.11 Å². The van der Waals surface area contributed by atoms with Crippen LogP contribution in [0.5, 0.6) is 0 Å². The predicted molar refractivity (Wildman–Crippen MR) is 72.7 cm³/mol. The first kappa shape index (κ1) is 12.8. The molecule has 0 saturated carbocycles. The van der Waals surface area contributed by atoms with E-state index in [0.29, 0.717) is 23.2 Å². The second-order valence-corrected chi connectivity index (χ2v) is 4.46. The van der Waals surface area contributed by atoms with Crippen LogP contribution in [0.4, 0.5) is 5.82 Å². The quantitative estimate of drug-likeness (QED) is 0.486. The summed E-state index contributed by atoms with van der Waals surface area (Å²) in [6.45, 7) is 5.91. The first-order chi connectivity index (χ1) is 8.67. The van der Waals surface area contributed by atoms with Gasteiger partial charge in [0.25, 0.3) is 0 Å². The zero-order valence-corrected chi connectivity index (χ0v) is 11.1. The largest absolute Gasteiger partial charge is 0.372 e. The maximum Gasteiger partial charge on any atom is 0.191 e. The molecule has 7 heteroatoms. The van der Waals surface area contributed by atoms with Gasteiger partial charge in [-0.1, -0.05) is 17.8 Å². The number of aliphatic hydroxyl groups excluding tert-OH is 1. The third kappa shape index (κ3) is 2.32. The zero-order valence-electron chi connectivity index (χ0n) is 10.3. The molecule has 2 heterocycles. The summed E-state index contributed by atoms with van der Waals surface area (Å²) in [6, 6.07) is 0. The molecule has 0 aromatic carbocycles. The molecule has 2 aromatic heterocycles. The highest BCUT2D eigenvalue weighted by molar-refractivity contribution is 7.98. The molecule has 1 atom stereocenters. The highest BCUT2D eigenvalue weighted by Crippen LogP contribution is 2.24. The van der Waals surface area contributed by atoms with Crippen molar-refractivity contribution in [2.75, 3.05) is 18.1 Å². The number of anilines is 1. The van der Waals surface area contributed by atoms with Gasteiger partial charge >= 0.3 is 0 Å². The molecule has 0 aliphatic heterocycles. The minimum absolute atomic E-state index is 0.611. The van der Waals surface area contributed by atoms with Crippen molar-refractivity contribution >= 4 is 28.6 Å². The Hall–Kier alpha value is -1.60. The third-order valence-corrected chi connectivity index (χ3v) is 2.93. The number of nitrogens with zero attached hydrogens (tertiary/aromatic N) is 4. The van der Waals surface area contributed by atoms with E-state index in [1.54, 1.807) is 19.2 Å². The SMILES string of the molecule is C=CCNc1nc(SC)nc2c1cnn2C(C)O. The molecule has 2 aromatic rings. The Labute approximate surface area is 109 Å². The second-order valence-electron chi connectivity index (χ2n) is 3.69. The van der Waals surface area contributed by atoms with Crippen molar-refractivity contribution in [3.05, 3.63) is 18.9 Å². The Bertz CT molecular complexity index is 566. The number of aromatic nitrogens is 4. The van der Waals surface area contributed by atoms with Crippen LogP contribution in [-0.2, 0) is 0 Å². The third-order valence-electron chi connectivity index (χ3n) is 2.38. The van der Waals surface area contributed by atoms with E-state index in [1.807, 2.05) is 6.26 Å². The predicted octanol–water partition coefficient (Wildman–Crippen LogP) is 1.66. The molecule has 0 aliphatic rings. The van der Waals surface area contributed by atoms with Gasteiger partial charge in [-0.25, -0.2) is 14.6 Å². The molecule has 96 valence electrons. The smallest absolute Gasteiger partial charge is 0.191 e. The van der Waals surface area contributed by atoms with E-state index in [2.05, 4.69) is 27.0 Å². The van der Waals surface area contributed by atoms with Crippen molar-refractivity contribution in [3.8, 4) is 0 Å². The Morgan fingerprint density at radius 1 is 1.61 bits per heavy atom. The molecule has 0 saturated heterocycles. The van der Waals surface area contributed by atoms with Gasteiger partial charge in [-0.15, -0.1) is 6.58 Å². The Kier molecular flexibility index (Phi) is 3.83. The molecular weight excluding hydrogens is 250 g/mol. The van der Waals surface area contributed by atoms with Crippen LogP contribution in [0.3, 0.4) is 0 Å². The van der Waals surface area contributed by atoms with Crippen LogP contribution in [0.2, 0.25) is 0 Å². The Balaban J connectivity index is 2.58. The second kappa shape index (κ2) is 5.36. The van der Waals surface area contributed by atoms with E-state index in [1.165, 1.54) is 16.4 Å². The molecule has 2 N–H and O–H groups in total. The molecule has 6 nitrogen and oxygen atoms in total. The summed E-state index contributed by atoms with van der Waals surface area (Å²) in [4.78, 5) is 8.76. The molecule has 0 radical (unpaired) electrons. The molecule has 0 amide bonds. The van der Waals surface area contributed by atoms with Crippen LogP contribution >= 0.6 is 11.8 Å². The number of rotatable bonds is 5. The maximum atomic E-state index is 9.64. The van der Waals surface area contributed by atoms with Crippen LogP contribution in [0.25, 0.3) is 11.0 Å². The lowest BCUT2D eigenvalue weighted by Gasteiger charge is -2.08. The van der Waals surface area contributed by atoms with E-state index in [-0.39, 0.29) is 0 Å². The van der Waals surface area contributed by atoms with Gasteiger partial charge in [0.2, 0.25) is 0 Å². The van der Waals surface area contributed by atoms with Gasteiger partial charge in [-0.2, -0.15) is 5.10 Å². The van der Waals surface area contributed by atoms with Crippen molar-refractivity contribution in [1.82, 2.24) is 19.7 Å². The lowest BCUT2D eigenvalue weighted by molar-refractivity contribution is 0.115. The van der Waals surface area contributed by atoms with Gasteiger partial charge in [0.15, 0.2) is 10.8 Å². The van der Waals surface area contributed by atoms with Crippen molar-refractivity contribution in [3.63, 3.8) is 0 Å². The minimum Gasteiger partial charge on any atom is -0.372 e. The molecule has 0 fully saturated rings. The zero-order chi connectivity index (χ0) is 13.1. The molecule has 2 rings (SSSR count). The van der Waals surface area contributed by atoms with E-state index in [4.69, 9.17) is 0 Å².